The Hall–Kier alpha value is -2.73. The van der Waals surface area contributed by atoms with Crippen LogP contribution in [0.3, 0.4) is 0 Å². The maximum Gasteiger partial charge on any atom is 0.343 e. The summed E-state index contributed by atoms with van der Waals surface area (Å²) in [5, 5.41) is 21.7. The molecule has 0 saturated carbocycles. The average Bonchev–Trinajstić information content (AvgIpc) is 2.73. The molecule has 2 N–H and O–H groups in total. The van der Waals surface area contributed by atoms with Crippen LogP contribution in [0.5, 0.6) is 17.2 Å². The Balaban J connectivity index is 2.43. The van der Waals surface area contributed by atoms with E-state index in [1.165, 1.54) is 11.6 Å². The maximum absolute atomic E-state index is 13.2. The Morgan fingerprint density at radius 2 is 1.73 bits per heavy atom. The first-order chi connectivity index (χ1) is 15.7. The van der Waals surface area contributed by atoms with Crippen LogP contribution in [-0.2, 0) is 23.0 Å². The highest BCUT2D eigenvalue weighted by Gasteiger charge is 2.29. The molecule has 0 aliphatic heterocycles. The van der Waals surface area contributed by atoms with E-state index in [2.05, 4.69) is 26.8 Å². The van der Waals surface area contributed by atoms with Crippen molar-refractivity contribution in [2.24, 2.45) is 0 Å². The van der Waals surface area contributed by atoms with Gasteiger partial charge in [-0.2, -0.15) is 8.42 Å². The first kappa shape index (κ1) is 26.5. The van der Waals surface area contributed by atoms with E-state index in [0.717, 1.165) is 37.7 Å². The molecule has 5 nitrogen and oxygen atoms in total. The number of para-hydroxylation sites is 1. The van der Waals surface area contributed by atoms with Gasteiger partial charge in [-0.25, -0.2) is 0 Å². The predicted octanol–water partition coefficient (Wildman–Crippen LogP) is 6.83. The van der Waals surface area contributed by atoms with Crippen molar-refractivity contribution < 1.29 is 22.8 Å². The summed E-state index contributed by atoms with van der Waals surface area (Å²) < 4.78 is 31.7. The highest BCUT2D eigenvalue weighted by Crippen LogP contribution is 2.39. The molecular weight excluding hydrogens is 436 g/mol. The van der Waals surface area contributed by atoms with E-state index in [9.17, 15) is 18.6 Å². The number of phenolic OH excluding ortho intramolecular Hbond substituents is 2. The van der Waals surface area contributed by atoms with Crippen molar-refractivity contribution in [3.8, 4) is 17.2 Å². The third-order valence-corrected chi connectivity index (χ3v) is 6.77. The van der Waals surface area contributed by atoms with Gasteiger partial charge in [0.1, 0.15) is 17.2 Å². The Morgan fingerprint density at radius 1 is 1.03 bits per heavy atom. The van der Waals surface area contributed by atoms with Gasteiger partial charge in [0.25, 0.3) is 0 Å². The number of allylic oxidation sites excluding steroid dienone is 4. The molecular formula is C27H36O5S. The number of benzene rings is 2. The molecule has 33 heavy (non-hydrogen) atoms. The van der Waals surface area contributed by atoms with Gasteiger partial charge < -0.3 is 14.4 Å². The third kappa shape index (κ3) is 7.97. The number of hydrogen-bond donors (Lipinski definition) is 2. The summed E-state index contributed by atoms with van der Waals surface area (Å²) in [4.78, 5) is -0.258. The Bertz CT molecular complexity index is 1080. The molecule has 0 unspecified atom stereocenters. The minimum absolute atomic E-state index is 0.106. The molecule has 0 bridgehead atoms. The maximum atomic E-state index is 13.2. The fourth-order valence-corrected chi connectivity index (χ4v) is 4.86. The monoisotopic (exact) mass is 472 g/mol. The molecule has 6 heteroatoms. The molecule has 0 atom stereocenters. The van der Waals surface area contributed by atoms with Crippen LogP contribution in [0.25, 0.3) is 0 Å². The van der Waals surface area contributed by atoms with Gasteiger partial charge in [-0.1, -0.05) is 61.3 Å². The molecule has 0 radical (unpaired) electrons. The molecule has 0 amide bonds. The van der Waals surface area contributed by atoms with E-state index in [4.69, 9.17) is 4.18 Å². The van der Waals surface area contributed by atoms with Gasteiger partial charge in [-0.3, -0.25) is 0 Å². The molecule has 0 spiro atoms. The number of aryl methyl sites for hydroxylation is 1. The average molecular weight is 473 g/mol. The molecule has 2 rings (SSSR count). The highest BCUT2D eigenvalue weighted by molar-refractivity contribution is 7.87. The van der Waals surface area contributed by atoms with E-state index < -0.39 is 15.9 Å². The van der Waals surface area contributed by atoms with E-state index in [1.54, 1.807) is 30.3 Å². The lowest BCUT2D eigenvalue weighted by Crippen LogP contribution is -2.14. The fraction of sp³-hybridized carbons (Fsp3) is 0.407. The number of unbranched alkanes of at least 4 members (excludes halogenated alkanes) is 2. The summed E-state index contributed by atoms with van der Waals surface area (Å²) in [5.74, 6) is -0.377. The van der Waals surface area contributed by atoms with Crippen LogP contribution in [0.1, 0.15) is 70.9 Å². The van der Waals surface area contributed by atoms with Crippen molar-refractivity contribution in [3.05, 3.63) is 70.8 Å². The van der Waals surface area contributed by atoms with Crippen molar-refractivity contribution in [2.75, 3.05) is 0 Å². The third-order valence-electron chi connectivity index (χ3n) is 5.41. The first-order valence-electron chi connectivity index (χ1n) is 11.5. The molecule has 0 fully saturated rings. The molecule has 180 valence electrons. The van der Waals surface area contributed by atoms with Gasteiger partial charge in [-0.15, -0.1) is 0 Å². The van der Waals surface area contributed by atoms with Crippen molar-refractivity contribution in [2.45, 2.75) is 77.5 Å². The Morgan fingerprint density at radius 3 is 2.36 bits per heavy atom. The zero-order chi connectivity index (χ0) is 24.4. The van der Waals surface area contributed by atoms with Crippen LogP contribution >= 0.6 is 0 Å². The van der Waals surface area contributed by atoms with Crippen LogP contribution < -0.4 is 4.18 Å². The lowest BCUT2D eigenvalue weighted by atomic mass is 10.00. The zero-order valence-corrected chi connectivity index (χ0v) is 20.9. The minimum Gasteiger partial charge on any atom is -0.508 e. The molecule has 0 heterocycles. The number of hydrogen-bond acceptors (Lipinski definition) is 5. The van der Waals surface area contributed by atoms with Crippen LogP contribution in [0, 0.1) is 0 Å². The van der Waals surface area contributed by atoms with Crippen molar-refractivity contribution in [1.29, 1.82) is 0 Å². The standard InChI is InChI=1S/C27H36O5S/c1-5-6-8-14-22-19-25(28)24(18-17-21(4)13-11-12-20(2)3)26(29)27(22)33(30,31)32-23-15-9-7-10-16-23/h7,9-10,12,15-17,19,28-29H,5-6,8,11,13-14,18H2,1-4H3. The van der Waals surface area contributed by atoms with Gasteiger partial charge in [0.05, 0.1) is 0 Å². The molecule has 0 aliphatic carbocycles. The van der Waals surface area contributed by atoms with Gasteiger partial charge in [0.15, 0.2) is 4.90 Å². The van der Waals surface area contributed by atoms with Crippen LogP contribution in [0.4, 0.5) is 0 Å². The van der Waals surface area contributed by atoms with Crippen LogP contribution in [0.15, 0.2) is 64.6 Å². The number of phenols is 2. The van der Waals surface area contributed by atoms with Crippen molar-refractivity contribution in [1.82, 2.24) is 0 Å². The van der Waals surface area contributed by atoms with Gasteiger partial charge >= 0.3 is 10.1 Å². The minimum atomic E-state index is -4.30. The fourth-order valence-electron chi connectivity index (χ4n) is 3.57. The summed E-state index contributed by atoms with van der Waals surface area (Å²) in [5.41, 5.74) is 2.90. The summed E-state index contributed by atoms with van der Waals surface area (Å²) in [6, 6.07) is 9.67. The summed E-state index contributed by atoms with van der Waals surface area (Å²) in [6.45, 7) is 8.15. The van der Waals surface area contributed by atoms with Gasteiger partial charge in [0, 0.05) is 5.56 Å². The topological polar surface area (TPSA) is 83.8 Å². The molecule has 2 aromatic rings. The van der Waals surface area contributed by atoms with Crippen LogP contribution in [0.2, 0.25) is 0 Å². The van der Waals surface area contributed by atoms with Gasteiger partial charge in [-0.05, 0) is 76.6 Å². The summed E-state index contributed by atoms with van der Waals surface area (Å²) in [6.07, 6.45) is 9.09. The smallest absolute Gasteiger partial charge is 0.343 e. The second kappa shape index (κ2) is 12.5. The Kier molecular flexibility index (Phi) is 10.0. The normalized spacial score (nSPS) is 11.9. The summed E-state index contributed by atoms with van der Waals surface area (Å²) >= 11 is 0. The molecule has 0 saturated heterocycles. The SMILES string of the molecule is CCCCCc1cc(O)c(CC=C(C)CCC=C(C)C)c(O)c1S(=O)(=O)Oc1ccccc1. The largest absolute Gasteiger partial charge is 0.508 e. The van der Waals surface area contributed by atoms with Crippen LogP contribution in [-0.4, -0.2) is 18.6 Å². The zero-order valence-electron chi connectivity index (χ0n) is 20.1. The second-order valence-electron chi connectivity index (χ2n) is 8.59. The number of rotatable bonds is 12. The quantitative estimate of drug-likeness (QED) is 0.201. The second-order valence-corrected chi connectivity index (χ2v) is 10.1. The van der Waals surface area contributed by atoms with E-state index >= 15 is 0 Å². The number of aromatic hydroxyl groups is 2. The first-order valence-corrected chi connectivity index (χ1v) is 12.9. The highest BCUT2D eigenvalue weighted by atomic mass is 32.2. The van der Waals surface area contributed by atoms with Gasteiger partial charge in [0.2, 0.25) is 0 Å². The molecule has 0 aromatic heterocycles. The van der Waals surface area contributed by atoms with E-state index in [0.29, 0.717) is 12.0 Å². The summed E-state index contributed by atoms with van der Waals surface area (Å²) in [7, 11) is -4.30. The molecule has 0 aliphatic rings. The van der Waals surface area contributed by atoms with E-state index in [-0.39, 0.29) is 28.4 Å². The predicted molar refractivity (Wildman–Crippen MR) is 133 cm³/mol. The Labute approximate surface area is 198 Å². The molecule has 2 aromatic carbocycles. The van der Waals surface area contributed by atoms with Crippen molar-refractivity contribution >= 4 is 10.1 Å². The lowest BCUT2D eigenvalue weighted by molar-refractivity contribution is 0.420. The van der Waals surface area contributed by atoms with Crippen molar-refractivity contribution in [3.63, 3.8) is 0 Å². The van der Waals surface area contributed by atoms with E-state index in [1.807, 2.05) is 13.0 Å². The lowest BCUT2D eigenvalue weighted by Gasteiger charge is -2.17.